The van der Waals surface area contributed by atoms with E-state index in [0.717, 1.165) is 25.7 Å². The minimum Gasteiger partial charge on any atom is -0.329 e. The molecule has 2 nitrogen and oxygen atoms in total. The van der Waals surface area contributed by atoms with Crippen LogP contribution in [-0.4, -0.2) is 12.3 Å². The molecule has 0 aromatic carbocycles. The monoisotopic (exact) mass is 223 g/mol. The minimum atomic E-state index is -0.116. The van der Waals surface area contributed by atoms with Crippen LogP contribution in [-0.2, 0) is 4.79 Å². The van der Waals surface area contributed by atoms with Crippen LogP contribution < -0.4 is 5.73 Å². The second-order valence-corrected chi connectivity index (χ2v) is 5.74. The lowest BCUT2D eigenvalue weighted by Gasteiger charge is -2.29. The number of hydrogen-bond donors (Lipinski definition) is 1. The van der Waals surface area contributed by atoms with Gasteiger partial charge >= 0.3 is 0 Å². The Hall–Kier alpha value is -0.370. The Bertz CT molecular complexity index is 235. The summed E-state index contributed by atoms with van der Waals surface area (Å²) in [7, 11) is 0. The largest absolute Gasteiger partial charge is 0.329 e. The zero-order chi connectivity index (χ0) is 11.4. The van der Waals surface area contributed by atoms with Gasteiger partial charge in [0.15, 0.2) is 0 Å². The van der Waals surface area contributed by atoms with Gasteiger partial charge in [-0.15, -0.1) is 0 Å². The van der Waals surface area contributed by atoms with Gasteiger partial charge in [-0.05, 0) is 25.7 Å². The van der Waals surface area contributed by atoms with Crippen molar-refractivity contribution in [2.24, 2.45) is 17.1 Å². The molecule has 0 aliphatic heterocycles. The number of hydrogen-bond acceptors (Lipinski definition) is 2. The fourth-order valence-electron chi connectivity index (χ4n) is 3.58. The first-order chi connectivity index (χ1) is 7.78. The third-order valence-electron chi connectivity index (χ3n) is 4.70. The van der Waals surface area contributed by atoms with Crippen LogP contribution in [0.4, 0.5) is 0 Å². The van der Waals surface area contributed by atoms with E-state index in [1.807, 2.05) is 0 Å². The lowest BCUT2D eigenvalue weighted by Crippen LogP contribution is -2.40. The zero-order valence-corrected chi connectivity index (χ0v) is 10.3. The molecule has 2 saturated carbocycles. The van der Waals surface area contributed by atoms with E-state index in [1.54, 1.807) is 0 Å². The van der Waals surface area contributed by atoms with E-state index >= 15 is 0 Å². The Morgan fingerprint density at radius 1 is 1.00 bits per heavy atom. The lowest BCUT2D eigenvalue weighted by atomic mass is 9.74. The number of carbonyl (C=O) groups is 1. The van der Waals surface area contributed by atoms with Crippen LogP contribution in [0.15, 0.2) is 0 Å². The Morgan fingerprint density at radius 2 is 1.56 bits per heavy atom. The summed E-state index contributed by atoms with van der Waals surface area (Å²) in [6.07, 6.45) is 11.9. The molecule has 2 N–H and O–H groups in total. The summed E-state index contributed by atoms with van der Waals surface area (Å²) < 4.78 is 0. The second-order valence-electron chi connectivity index (χ2n) is 5.74. The third kappa shape index (κ3) is 2.32. The molecule has 0 amide bonds. The topological polar surface area (TPSA) is 43.1 Å². The number of Topliss-reactive ketones (excluding diaryl/α,β-unsaturated/α-hetero) is 1. The van der Waals surface area contributed by atoms with Crippen LogP contribution in [0.3, 0.4) is 0 Å². The third-order valence-corrected chi connectivity index (χ3v) is 4.70. The van der Waals surface area contributed by atoms with Gasteiger partial charge < -0.3 is 5.73 Å². The van der Waals surface area contributed by atoms with Crippen LogP contribution in [0.1, 0.15) is 64.2 Å². The molecule has 2 aliphatic carbocycles. The van der Waals surface area contributed by atoms with E-state index < -0.39 is 0 Å². The summed E-state index contributed by atoms with van der Waals surface area (Å²) in [6, 6.07) is 0. The highest BCUT2D eigenvalue weighted by molar-refractivity contribution is 5.87. The molecule has 2 aliphatic rings. The van der Waals surface area contributed by atoms with Gasteiger partial charge in [-0.3, -0.25) is 4.79 Å². The molecule has 0 spiro atoms. The van der Waals surface area contributed by atoms with E-state index in [2.05, 4.69) is 0 Å². The number of ketones is 1. The number of rotatable bonds is 3. The van der Waals surface area contributed by atoms with Gasteiger partial charge in [-0.25, -0.2) is 0 Å². The van der Waals surface area contributed by atoms with Crippen LogP contribution in [0, 0.1) is 11.3 Å². The standard InChI is InChI=1S/C14H25NO/c15-11-14(9-5-6-10-14)13(16)12-7-3-1-2-4-8-12/h12H,1-11,15H2. The van der Waals surface area contributed by atoms with Crippen molar-refractivity contribution in [3.8, 4) is 0 Å². The maximum absolute atomic E-state index is 12.6. The van der Waals surface area contributed by atoms with E-state index in [1.165, 1.54) is 38.5 Å². The van der Waals surface area contributed by atoms with E-state index in [9.17, 15) is 4.79 Å². The smallest absolute Gasteiger partial charge is 0.143 e. The van der Waals surface area contributed by atoms with Crippen molar-refractivity contribution in [3.05, 3.63) is 0 Å². The average Bonchev–Trinajstić information content (AvgIpc) is 2.64. The SMILES string of the molecule is NCC1(C(=O)C2CCCCCC2)CCCC1. The first kappa shape index (κ1) is 12.1. The van der Waals surface area contributed by atoms with Crippen LogP contribution in [0.25, 0.3) is 0 Å². The Balaban J connectivity index is 2.03. The molecule has 0 heterocycles. The average molecular weight is 223 g/mol. The second kappa shape index (κ2) is 5.31. The van der Waals surface area contributed by atoms with Gasteiger partial charge in [0, 0.05) is 17.9 Å². The van der Waals surface area contributed by atoms with Crippen molar-refractivity contribution >= 4 is 5.78 Å². The van der Waals surface area contributed by atoms with Crippen molar-refractivity contribution in [1.82, 2.24) is 0 Å². The molecule has 0 aromatic rings. The zero-order valence-electron chi connectivity index (χ0n) is 10.3. The van der Waals surface area contributed by atoms with Gasteiger partial charge in [0.1, 0.15) is 5.78 Å². The maximum atomic E-state index is 12.6. The molecule has 2 heteroatoms. The summed E-state index contributed by atoms with van der Waals surface area (Å²) in [5.41, 5.74) is 5.78. The molecular weight excluding hydrogens is 198 g/mol. The molecule has 0 aromatic heterocycles. The summed E-state index contributed by atoms with van der Waals surface area (Å²) in [5, 5.41) is 0. The van der Waals surface area contributed by atoms with Crippen molar-refractivity contribution in [1.29, 1.82) is 0 Å². The van der Waals surface area contributed by atoms with Gasteiger partial charge in [-0.1, -0.05) is 38.5 Å². The molecule has 92 valence electrons. The quantitative estimate of drug-likeness (QED) is 0.747. The van der Waals surface area contributed by atoms with Crippen molar-refractivity contribution in [2.45, 2.75) is 64.2 Å². The molecule has 0 atom stereocenters. The van der Waals surface area contributed by atoms with E-state index in [-0.39, 0.29) is 5.41 Å². The Morgan fingerprint density at radius 3 is 2.06 bits per heavy atom. The predicted octanol–water partition coefficient (Wildman–Crippen LogP) is 3.05. The Kier molecular flexibility index (Phi) is 4.01. The lowest BCUT2D eigenvalue weighted by molar-refractivity contribution is -0.132. The molecular formula is C14H25NO. The molecule has 2 fully saturated rings. The molecule has 0 radical (unpaired) electrons. The fraction of sp³-hybridized carbons (Fsp3) is 0.929. The van der Waals surface area contributed by atoms with Gasteiger partial charge in [0.05, 0.1) is 0 Å². The van der Waals surface area contributed by atoms with Crippen LogP contribution in [0.2, 0.25) is 0 Å². The first-order valence-electron chi connectivity index (χ1n) is 7.03. The predicted molar refractivity (Wildman–Crippen MR) is 66.2 cm³/mol. The molecule has 2 rings (SSSR count). The minimum absolute atomic E-state index is 0.116. The van der Waals surface area contributed by atoms with Crippen molar-refractivity contribution in [2.75, 3.05) is 6.54 Å². The molecule has 0 unspecified atom stereocenters. The van der Waals surface area contributed by atoms with Crippen molar-refractivity contribution in [3.63, 3.8) is 0 Å². The van der Waals surface area contributed by atoms with Crippen molar-refractivity contribution < 1.29 is 4.79 Å². The summed E-state index contributed by atoms with van der Waals surface area (Å²) >= 11 is 0. The van der Waals surface area contributed by atoms with E-state index in [4.69, 9.17) is 5.73 Å². The highest BCUT2D eigenvalue weighted by Gasteiger charge is 2.42. The van der Waals surface area contributed by atoms with Crippen LogP contribution >= 0.6 is 0 Å². The maximum Gasteiger partial charge on any atom is 0.143 e. The summed E-state index contributed by atoms with van der Waals surface area (Å²) in [4.78, 5) is 12.6. The Labute approximate surface area is 99.0 Å². The highest BCUT2D eigenvalue weighted by Crippen LogP contribution is 2.42. The van der Waals surface area contributed by atoms with Gasteiger partial charge in [-0.2, -0.15) is 0 Å². The summed E-state index contributed by atoms with van der Waals surface area (Å²) in [6.45, 7) is 0.586. The fourth-order valence-corrected chi connectivity index (χ4v) is 3.58. The van der Waals surface area contributed by atoms with Crippen LogP contribution in [0.5, 0.6) is 0 Å². The normalized spacial score (nSPS) is 26.6. The van der Waals surface area contributed by atoms with Gasteiger partial charge in [0.25, 0.3) is 0 Å². The van der Waals surface area contributed by atoms with Gasteiger partial charge in [0.2, 0.25) is 0 Å². The first-order valence-corrected chi connectivity index (χ1v) is 7.03. The molecule has 16 heavy (non-hydrogen) atoms. The van der Waals surface area contributed by atoms with E-state index in [0.29, 0.717) is 18.2 Å². The number of nitrogens with two attached hydrogens (primary N) is 1. The molecule has 0 bridgehead atoms. The highest BCUT2D eigenvalue weighted by atomic mass is 16.1. The molecule has 0 saturated heterocycles. The summed E-state index contributed by atoms with van der Waals surface area (Å²) in [5.74, 6) is 0.860. The number of carbonyl (C=O) groups excluding carboxylic acids is 1.